The fraction of sp³-hybridized carbons (Fsp3) is 0.448. The second kappa shape index (κ2) is 9.43. The van der Waals surface area contributed by atoms with Crippen molar-refractivity contribution in [2.75, 3.05) is 13.6 Å². The third-order valence-corrected chi connectivity index (χ3v) is 8.26. The van der Waals surface area contributed by atoms with Crippen LogP contribution in [0.3, 0.4) is 0 Å². The van der Waals surface area contributed by atoms with Crippen LogP contribution in [0.2, 0.25) is 0 Å². The smallest absolute Gasteiger partial charge is 0.317 e. The Hall–Kier alpha value is -3.82. The van der Waals surface area contributed by atoms with Crippen LogP contribution in [0, 0.1) is 13.8 Å². The van der Waals surface area contributed by atoms with E-state index < -0.39 is 5.92 Å². The van der Waals surface area contributed by atoms with Gasteiger partial charge in [-0.2, -0.15) is 5.10 Å². The number of aryl methyl sites for hydroxylation is 3. The Labute approximate surface area is 226 Å². The van der Waals surface area contributed by atoms with Gasteiger partial charge in [-0.25, -0.2) is 18.6 Å². The van der Waals surface area contributed by atoms with Crippen molar-refractivity contribution in [1.82, 2.24) is 34.5 Å². The number of pyridine rings is 1. The van der Waals surface area contributed by atoms with Crippen LogP contribution in [0.1, 0.15) is 54.4 Å². The molecule has 2 aliphatic rings. The van der Waals surface area contributed by atoms with Crippen molar-refractivity contribution in [3.63, 3.8) is 0 Å². The minimum Gasteiger partial charge on any atom is -0.341 e. The maximum absolute atomic E-state index is 14.0. The molecule has 0 spiro atoms. The van der Waals surface area contributed by atoms with Gasteiger partial charge in [0, 0.05) is 74.9 Å². The van der Waals surface area contributed by atoms with E-state index in [0.29, 0.717) is 32.5 Å². The van der Waals surface area contributed by atoms with Gasteiger partial charge in [-0.15, -0.1) is 0 Å². The van der Waals surface area contributed by atoms with E-state index in [1.807, 2.05) is 26.4 Å². The molecule has 1 fully saturated rings. The number of alkyl halides is 2. The lowest BCUT2D eigenvalue weighted by molar-refractivity contribution is -0.0390. The Balaban J connectivity index is 1.49. The van der Waals surface area contributed by atoms with Gasteiger partial charge in [0.1, 0.15) is 5.82 Å². The SMILES string of the molecule is CNC(=O)N1CCn2c(C3CCC(F)(F)CC3)nc(-c3c(C)ccc4cc(-c5cn(C)nc5C)ncc34)c2C1. The molecule has 1 N–H and O–H groups in total. The van der Waals surface area contributed by atoms with Gasteiger partial charge in [0.05, 0.1) is 29.3 Å². The summed E-state index contributed by atoms with van der Waals surface area (Å²) >= 11 is 0. The Morgan fingerprint density at radius 3 is 2.62 bits per heavy atom. The van der Waals surface area contributed by atoms with Crippen LogP contribution in [0.5, 0.6) is 0 Å². The van der Waals surface area contributed by atoms with Gasteiger partial charge in [0.25, 0.3) is 0 Å². The molecule has 1 aromatic carbocycles. The Morgan fingerprint density at radius 1 is 1.15 bits per heavy atom. The molecule has 1 aliphatic heterocycles. The maximum Gasteiger partial charge on any atom is 0.317 e. The van der Waals surface area contributed by atoms with Crippen molar-refractivity contribution >= 4 is 16.8 Å². The molecule has 4 heterocycles. The molecule has 0 unspecified atom stereocenters. The first-order valence-electron chi connectivity index (χ1n) is 13.5. The molecule has 6 rings (SSSR count). The van der Waals surface area contributed by atoms with Crippen LogP contribution < -0.4 is 5.32 Å². The van der Waals surface area contributed by atoms with E-state index in [1.165, 1.54) is 0 Å². The van der Waals surface area contributed by atoms with Crippen LogP contribution in [0.15, 0.2) is 30.6 Å². The predicted octanol–water partition coefficient (Wildman–Crippen LogP) is 5.56. The minimum atomic E-state index is -2.60. The number of fused-ring (bicyclic) bond motifs is 2. The summed E-state index contributed by atoms with van der Waals surface area (Å²) in [6.07, 6.45) is 4.45. The van der Waals surface area contributed by atoms with Crippen molar-refractivity contribution in [3.05, 3.63) is 53.4 Å². The summed E-state index contributed by atoms with van der Waals surface area (Å²) in [5, 5.41) is 9.19. The average molecular weight is 534 g/mol. The summed E-state index contributed by atoms with van der Waals surface area (Å²) < 4.78 is 32.0. The van der Waals surface area contributed by atoms with Gasteiger partial charge in [0.2, 0.25) is 5.92 Å². The second-order valence-corrected chi connectivity index (χ2v) is 10.9. The second-order valence-electron chi connectivity index (χ2n) is 10.9. The number of amides is 2. The lowest BCUT2D eigenvalue weighted by Crippen LogP contribution is -2.43. The largest absolute Gasteiger partial charge is 0.341 e. The molecule has 0 saturated heterocycles. The molecule has 204 valence electrons. The first-order chi connectivity index (χ1) is 18.6. The molecule has 3 aromatic heterocycles. The highest BCUT2D eigenvalue weighted by Gasteiger charge is 2.38. The molecule has 0 bridgehead atoms. The topological polar surface area (TPSA) is 80.9 Å². The van der Waals surface area contributed by atoms with E-state index in [0.717, 1.165) is 56.1 Å². The molecule has 8 nitrogen and oxygen atoms in total. The molecule has 4 aromatic rings. The third-order valence-electron chi connectivity index (χ3n) is 8.26. The number of carbonyl (C=O) groups is 1. The number of imidazole rings is 1. The van der Waals surface area contributed by atoms with E-state index in [9.17, 15) is 13.6 Å². The number of halogens is 2. The van der Waals surface area contributed by atoms with Gasteiger partial charge in [-0.3, -0.25) is 9.67 Å². The zero-order valence-electron chi connectivity index (χ0n) is 22.8. The third kappa shape index (κ3) is 4.45. The first kappa shape index (κ1) is 25.5. The summed E-state index contributed by atoms with van der Waals surface area (Å²) in [5.74, 6) is -1.77. The number of hydrogen-bond donors (Lipinski definition) is 1. The number of hydrogen-bond acceptors (Lipinski definition) is 4. The number of aromatic nitrogens is 5. The summed E-state index contributed by atoms with van der Waals surface area (Å²) in [7, 11) is 3.53. The number of urea groups is 1. The lowest BCUT2D eigenvalue weighted by atomic mass is 9.86. The van der Waals surface area contributed by atoms with Crippen molar-refractivity contribution in [1.29, 1.82) is 0 Å². The van der Waals surface area contributed by atoms with Gasteiger partial charge < -0.3 is 14.8 Å². The Morgan fingerprint density at radius 2 is 1.92 bits per heavy atom. The summed E-state index contributed by atoms with van der Waals surface area (Å²) in [6, 6.07) is 6.11. The van der Waals surface area contributed by atoms with Crippen LogP contribution in [0.25, 0.3) is 33.3 Å². The van der Waals surface area contributed by atoms with E-state index in [-0.39, 0.29) is 24.8 Å². The monoisotopic (exact) mass is 533 g/mol. The summed E-state index contributed by atoms with van der Waals surface area (Å²) in [5.41, 5.74) is 6.53. The van der Waals surface area contributed by atoms with Crippen LogP contribution >= 0.6 is 0 Å². The summed E-state index contributed by atoms with van der Waals surface area (Å²) in [6.45, 7) is 5.56. The lowest BCUT2D eigenvalue weighted by Gasteiger charge is -2.32. The zero-order chi connectivity index (χ0) is 27.5. The molecular formula is C29H33F2N7O. The Kier molecular flexibility index (Phi) is 6.15. The molecule has 1 aliphatic carbocycles. The minimum absolute atomic E-state index is 0.0303. The van der Waals surface area contributed by atoms with Crippen molar-refractivity contribution < 1.29 is 13.6 Å². The van der Waals surface area contributed by atoms with E-state index in [4.69, 9.17) is 9.97 Å². The molecule has 39 heavy (non-hydrogen) atoms. The number of benzene rings is 1. The number of nitrogens with one attached hydrogen (secondary N) is 1. The molecule has 2 amide bonds. The highest BCUT2D eigenvalue weighted by Crippen LogP contribution is 2.43. The molecule has 1 saturated carbocycles. The maximum atomic E-state index is 14.0. The normalized spacial score (nSPS) is 17.4. The fourth-order valence-corrected chi connectivity index (χ4v) is 6.18. The van der Waals surface area contributed by atoms with Crippen LogP contribution in [0.4, 0.5) is 13.6 Å². The predicted molar refractivity (Wildman–Crippen MR) is 146 cm³/mol. The van der Waals surface area contributed by atoms with Crippen molar-refractivity contribution in [3.8, 4) is 22.5 Å². The molecular weight excluding hydrogens is 500 g/mol. The van der Waals surface area contributed by atoms with E-state index in [2.05, 4.69) is 40.1 Å². The summed E-state index contributed by atoms with van der Waals surface area (Å²) in [4.78, 5) is 24.3. The van der Waals surface area contributed by atoms with Gasteiger partial charge in [-0.1, -0.05) is 12.1 Å². The zero-order valence-corrected chi connectivity index (χ0v) is 22.8. The number of nitrogens with zero attached hydrogens (tertiary/aromatic N) is 6. The van der Waals surface area contributed by atoms with Crippen molar-refractivity contribution in [2.24, 2.45) is 7.05 Å². The Bertz CT molecular complexity index is 1580. The van der Waals surface area contributed by atoms with E-state index in [1.54, 1.807) is 16.6 Å². The van der Waals surface area contributed by atoms with Gasteiger partial charge >= 0.3 is 6.03 Å². The number of carbonyl (C=O) groups excluding carboxylic acids is 1. The van der Waals surface area contributed by atoms with Gasteiger partial charge in [-0.05, 0) is 43.7 Å². The van der Waals surface area contributed by atoms with Crippen LogP contribution in [-0.4, -0.2) is 54.8 Å². The average Bonchev–Trinajstić information content (AvgIpc) is 3.46. The highest BCUT2D eigenvalue weighted by atomic mass is 19.3. The quantitative estimate of drug-likeness (QED) is 0.374. The molecule has 0 atom stereocenters. The number of rotatable bonds is 3. The molecule has 10 heteroatoms. The van der Waals surface area contributed by atoms with Gasteiger partial charge in [0.15, 0.2) is 0 Å². The highest BCUT2D eigenvalue weighted by molar-refractivity contribution is 5.99. The standard InChI is InChI=1S/C29H33F2N7O/c1-17-5-6-20-13-23(22-15-36(4)35-18(22)2)33-14-21(20)25(17)26-24-16-37(28(39)32-3)11-12-38(24)27(34-26)19-7-9-29(30,31)10-8-19/h5-6,13-15,19H,7-12,16H2,1-4H3,(H,32,39). The fourth-order valence-electron chi connectivity index (χ4n) is 6.18. The first-order valence-corrected chi connectivity index (χ1v) is 13.5. The molecule has 0 radical (unpaired) electrons. The van der Waals surface area contributed by atoms with Crippen molar-refractivity contribution in [2.45, 2.75) is 64.5 Å². The van der Waals surface area contributed by atoms with E-state index >= 15 is 0 Å². The van der Waals surface area contributed by atoms with Crippen LogP contribution in [-0.2, 0) is 20.1 Å².